The first-order chi connectivity index (χ1) is 8.61. The highest BCUT2D eigenvalue weighted by Crippen LogP contribution is 2.28. The van der Waals surface area contributed by atoms with E-state index in [0.717, 1.165) is 34.8 Å². The van der Waals surface area contributed by atoms with Gasteiger partial charge in [-0.2, -0.15) is 0 Å². The molecule has 0 aliphatic heterocycles. The van der Waals surface area contributed by atoms with Gasteiger partial charge in [-0.1, -0.05) is 13.0 Å². The number of hydrogen-bond donors (Lipinski definition) is 2. The molecule has 0 bridgehead atoms. The van der Waals surface area contributed by atoms with Crippen LogP contribution in [0.1, 0.15) is 27.9 Å². The molecule has 0 fully saturated rings. The van der Waals surface area contributed by atoms with E-state index in [2.05, 4.69) is 17.2 Å². The quantitative estimate of drug-likeness (QED) is 0.884. The zero-order valence-corrected chi connectivity index (χ0v) is 11.8. The van der Waals surface area contributed by atoms with Crippen LogP contribution in [0.15, 0.2) is 18.3 Å². The summed E-state index contributed by atoms with van der Waals surface area (Å²) in [6.45, 7) is 6.69. The van der Waals surface area contributed by atoms with Crippen LogP contribution in [0.25, 0.3) is 0 Å². The predicted octanol–water partition coefficient (Wildman–Crippen LogP) is 3.64. The number of nitrogens with one attached hydrogen (secondary N) is 1. The van der Waals surface area contributed by atoms with Gasteiger partial charge in [0.25, 0.3) is 0 Å². The van der Waals surface area contributed by atoms with E-state index in [4.69, 9.17) is 0 Å². The zero-order valence-electron chi connectivity index (χ0n) is 10.9. The molecule has 1 aromatic heterocycles. The lowest BCUT2D eigenvalue weighted by molar-refractivity contribution is 0.467. The zero-order chi connectivity index (χ0) is 13.1. The summed E-state index contributed by atoms with van der Waals surface area (Å²) < 4.78 is 0. The monoisotopic (exact) mass is 262 g/mol. The van der Waals surface area contributed by atoms with Crippen LogP contribution in [-0.2, 0) is 13.0 Å². The Morgan fingerprint density at radius 1 is 1.33 bits per heavy atom. The first kappa shape index (κ1) is 12.9. The summed E-state index contributed by atoms with van der Waals surface area (Å²) in [5, 5.41) is 14.4. The molecule has 0 saturated carbocycles. The molecule has 0 radical (unpaired) electrons. The fourth-order valence-electron chi connectivity index (χ4n) is 1.80. The second kappa shape index (κ2) is 5.40. The van der Waals surface area contributed by atoms with Gasteiger partial charge in [0.2, 0.25) is 0 Å². The largest absolute Gasteiger partial charge is 0.507 e. The number of nitrogens with zero attached hydrogens (tertiary/aromatic N) is 1. The molecule has 2 aromatic rings. The van der Waals surface area contributed by atoms with Crippen LogP contribution in [0.4, 0.5) is 5.69 Å². The fourth-order valence-corrected chi connectivity index (χ4v) is 2.60. The topological polar surface area (TPSA) is 45.2 Å². The van der Waals surface area contributed by atoms with Crippen molar-refractivity contribution in [2.24, 2.45) is 0 Å². The maximum Gasteiger partial charge on any atom is 0.123 e. The van der Waals surface area contributed by atoms with E-state index in [-0.39, 0.29) is 0 Å². The maximum atomic E-state index is 9.88. The molecule has 0 spiro atoms. The fraction of sp³-hybridized carbons (Fsp3) is 0.357. The van der Waals surface area contributed by atoms with Crippen molar-refractivity contribution >= 4 is 17.0 Å². The molecule has 1 aromatic carbocycles. The molecule has 96 valence electrons. The molecule has 0 saturated heterocycles. The van der Waals surface area contributed by atoms with Crippen LogP contribution in [0.2, 0.25) is 0 Å². The molecule has 0 amide bonds. The highest BCUT2D eigenvalue weighted by Gasteiger charge is 2.06. The predicted molar refractivity (Wildman–Crippen MR) is 76.4 cm³/mol. The number of phenols is 1. The van der Waals surface area contributed by atoms with Crippen LogP contribution in [0, 0.1) is 13.8 Å². The SMILES string of the molecule is CCc1ncc(CNc2ccc(C)c(O)c2C)s1. The highest BCUT2D eigenvalue weighted by atomic mass is 32.1. The minimum Gasteiger partial charge on any atom is -0.507 e. The third-order valence-corrected chi connectivity index (χ3v) is 4.13. The van der Waals surface area contributed by atoms with Gasteiger partial charge < -0.3 is 10.4 Å². The lowest BCUT2D eigenvalue weighted by atomic mass is 10.1. The Kier molecular flexibility index (Phi) is 3.87. The maximum absolute atomic E-state index is 9.88. The second-order valence-corrected chi connectivity index (χ2v) is 5.53. The number of hydrogen-bond acceptors (Lipinski definition) is 4. The van der Waals surface area contributed by atoms with E-state index in [1.807, 2.05) is 32.2 Å². The normalized spacial score (nSPS) is 10.6. The van der Waals surface area contributed by atoms with Crippen LogP contribution >= 0.6 is 11.3 Å². The number of aromatic nitrogens is 1. The van der Waals surface area contributed by atoms with Gasteiger partial charge in [-0.3, -0.25) is 0 Å². The smallest absolute Gasteiger partial charge is 0.123 e. The Hall–Kier alpha value is -1.55. The molecule has 3 nitrogen and oxygen atoms in total. The van der Waals surface area contributed by atoms with Crippen molar-refractivity contribution in [3.8, 4) is 5.75 Å². The first-order valence-corrected chi connectivity index (χ1v) is 6.90. The molecule has 0 aliphatic carbocycles. The van der Waals surface area contributed by atoms with Gasteiger partial charge in [0.15, 0.2) is 0 Å². The Labute approximate surface area is 112 Å². The van der Waals surface area contributed by atoms with E-state index in [1.165, 1.54) is 4.88 Å². The molecule has 0 unspecified atom stereocenters. The van der Waals surface area contributed by atoms with Crippen molar-refractivity contribution in [2.45, 2.75) is 33.7 Å². The summed E-state index contributed by atoms with van der Waals surface area (Å²) in [7, 11) is 0. The minimum absolute atomic E-state index is 0.374. The van der Waals surface area contributed by atoms with E-state index in [9.17, 15) is 5.11 Å². The van der Waals surface area contributed by atoms with Crippen molar-refractivity contribution in [2.75, 3.05) is 5.32 Å². The number of rotatable bonds is 4. The number of phenolic OH excluding ortho intramolecular Hbond substituents is 1. The Bertz CT molecular complexity index is 549. The van der Waals surface area contributed by atoms with E-state index < -0.39 is 0 Å². The van der Waals surface area contributed by atoms with E-state index in [1.54, 1.807) is 11.3 Å². The molecule has 2 N–H and O–H groups in total. The van der Waals surface area contributed by atoms with Crippen LogP contribution < -0.4 is 5.32 Å². The number of benzene rings is 1. The number of aryl methyl sites for hydroxylation is 2. The molecular weight excluding hydrogens is 244 g/mol. The van der Waals surface area contributed by atoms with Gasteiger partial charge in [-0.05, 0) is 31.9 Å². The third-order valence-electron chi connectivity index (χ3n) is 2.99. The summed E-state index contributed by atoms with van der Waals surface area (Å²) in [6.07, 6.45) is 2.90. The van der Waals surface area contributed by atoms with Gasteiger partial charge in [0.1, 0.15) is 5.75 Å². The van der Waals surface area contributed by atoms with Crippen molar-refractivity contribution in [1.82, 2.24) is 4.98 Å². The van der Waals surface area contributed by atoms with Gasteiger partial charge in [-0.25, -0.2) is 4.98 Å². The standard InChI is InChI=1S/C14H18N2OS/c1-4-13-16-8-11(18-13)7-15-12-6-5-9(2)14(17)10(12)3/h5-6,8,15,17H,4,7H2,1-3H3. The van der Waals surface area contributed by atoms with Crippen LogP contribution in [0.5, 0.6) is 5.75 Å². The average Bonchev–Trinajstić information content (AvgIpc) is 2.83. The summed E-state index contributed by atoms with van der Waals surface area (Å²) >= 11 is 1.73. The summed E-state index contributed by atoms with van der Waals surface area (Å²) in [5.74, 6) is 0.374. The van der Waals surface area contributed by atoms with E-state index in [0.29, 0.717) is 5.75 Å². The Morgan fingerprint density at radius 2 is 2.11 bits per heavy atom. The molecule has 0 aliphatic rings. The summed E-state index contributed by atoms with van der Waals surface area (Å²) in [5.41, 5.74) is 2.78. The average molecular weight is 262 g/mol. The lowest BCUT2D eigenvalue weighted by Gasteiger charge is -2.11. The van der Waals surface area contributed by atoms with Gasteiger partial charge in [0, 0.05) is 22.3 Å². The summed E-state index contributed by atoms with van der Waals surface area (Å²) in [4.78, 5) is 5.54. The lowest BCUT2D eigenvalue weighted by Crippen LogP contribution is -1.99. The molecule has 1 heterocycles. The third kappa shape index (κ3) is 2.64. The van der Waals surface area contributed by atoms with Crippen molar-refractivity contribution in [3.63, 3.8) is 0 Å². The Morgan fingerprint density at radius 3 is 2.78 bits per heavy atom. The second-order valence-electron chi connectivity index (χ2n) is 4.33. The summed E-state index contributed by atoms with van der Waals surface area (Å²) in [6, 6.07) is 3.93. The number of anilines is 1. The first-order valence-electron chi connectivity index (χ1n) is 6.08. The van der Waals surface area contributed by atoms with Crippen molar-refractivity contribution in [3.05, 3.63) is 39.3 Å². The Balaban J connectivity index is 2.08. The molecular formula is C14H18N2OS. The van der Waals surface area contributed by atoms with Crippen LogP contribution in [-0.4, -0.2) is 10.1 Å². The van der Waals surface area contributed by atoms with Gasteiger partial charge in [-0.15, -0.1) is 11.3 Å². The number of thiazole rings is 1. The highest BCUT2D eigenvalue weighted by molar-refractivity contribution is 7.11. The van der Waals surface area contributed by atoms with Crippen LogP contribution in [0.3, 0.4) is 0 Å². The van der Waals surface area contributed by atoms with Gasteiger partial charge >= 0.3 is 0 Å². The minimum atomic E-state index is 0.374. The number of aromatic hydroxyl groups is 1. The molecule has 4 heteroatoms. The van der Waals surface area contributed by atoms with Crippen molar-refractivity contribution in [1.29, 1.82) is 0 Å². The van der Waals surface area contributed by atoms with E-state index >= 15 is 0 Å². The van der Waals surface area contributed by atoms with Crippen molar-refractivity contribution < 1.29 is 5.11 Å². The van der Waals surface area contributed by atoms with Gasteiger partial charge in [0.05, 0.1) is 11.6 Å². The molecule has 18 heavy (non-hydrogen) atoms. The molecule has 2 rings (SSSR count). The molecule has 0 atom stereocenters.